The maximum absolute atomic E-state index is 3.32. The molecule has 0 aromatic heterocycles. The molecule has 11 heavy (non-hydrogen) atoms. The molecule has 1 radical (unpaired) electrons. The minimum Gasteiger partial charge on any atom is -0.0843 e. The lowest BCUT2D eigenvalue weighted by Gasteiger charge is -1.93. The molecule has 0 nitrogen and oxygen atoms in total. The van der Waals surface area contributed by atoms with Crippen molar-refractivity contribution in [2.24, 2.45) is 0 Å². The van der Waals surface area contributed by atoms with Crippen LogP contribution in [0.25, 0.3) is 0 Å². The average molecular weight is 151 g/mol. The lowest BCUT2D eigenvalue weighted by molar-refractivity contribution is 0.954. The van der Waals surface area contributed by atoms with Crippen LogP contribution in [0.2, 0.25) is 0 Å². The van der Waals surface area contributed by atoms with Gasteiger partial charge in [0.15, 0.2) is 0 Å². The second-order valence-electron chi connectivity index (χ2n) is 2.60. The Morgan fingerprint density at radius 2 is 2.00 bits per heavy atom. The van der Waals surface area contributed by atoms with Crippen molar-refractivity contribution in [2.75, 3.05) is 0 Å². The van der Waals surface area contributed by atoms with E-state index in [1.807, 2.05) is 0 Å². The summed E-state index contributed by atoms with van der Waals surface area (Å²) in [5, 5.41) is 0. The molecule has 0 heterocycles. The molecule has 63 valence electrons. The molecule has 0 aromatic rings. The number of allylic oxidation sites excluding steroid dienone is 4. The zero-order valence-electron chi connectivity index (χ0n) is 7.98. The molecule has 0 saturated carbocycles. The highest BCUT2D eigenvalue weighted by Gasteiger charge is 1.85. The lowest BCUT2D eigenvalue weighted by Crippen LogP contribution is -1.74. The van der Waals surface area contributed by atoms with E-state index in [9.17, 15) is 0 Å². The SMILES string of the molecule is CC/[C]=C(/C=CCCC)CC. The van der Waals surface area contributed by atoms with Crippen LogP contribution < -0.4 is 0 Å². The van der Waals surface area contributed by atoms with Gasteiger partial charge in [-0.2, -0.15) is 0 Å². The van der Waals surface area contributed by atoms with Crippen molar-refractivity contribution in [3.8, 4) is 0 Å². The normalized spacial score (nSPS) is 12.8. The third-order valence-electron chi connectivity index (χ3n) is 1.56. The number of hydrogen-bond acceptors (Lipinski definition) is 0. The Bertz CT molecular complexity index is 129. The summed E-state index contributed by atoms with van der Waals surface area (Å²) in [4.78, 5) is 0. The highest BCUT2D eigenvalue weighted by Crippen LogP contribution is 2.04. The summed E-state index contributed by atoms with van der Waals surface area (Å²) in [7, 11) is 0. The Labute approximate surface area is 71.0 Å². The van der Waals surface area contributed by atoms with Crippen molar-refractivity contribution in [1.29, 1.82) is 0 Å². The molecular formula is C11H19. The Balaban J connectivity index is 3.76. The van der Waals surface area contributed by atoms with E-state index in [0.29, 0.717) is 0 Å². The molecule has 0 spiro atoms. The fourth-order valence-electron chi connectivity index (χ4n) is 0.921. The summed E-state index contributed by atoms with van der Waals surface area (Å²) in [5.41, 5.74) is 1.35. The van der Waals surface area contributed by atoms with E-state index in [1.165, 1.54) is 18.4 Å². The average Bonchev–Trinajstić information content (AvgIpc) is 2.03. The zero-order chi connectivity index (χ0) is 8.53. The maximum atomic E-state index is 3.32. The maximum Gasteiger partial charge on any atom is -0.0302 e. The van der Waals surface area contributed by atoms with E-state index < -0.39 is 0 Å². The zero-order valence-corrected chi connectivity index (χ0v) is 7.98. The Kier molecular flexibility index (Phi) is 7.23. The van der Waals surface area contributed by atoms with Crippen LogP contribution in [0, 0.1) is 6.08 Å². The van der Waals surface area contributed by atoms with Gasteiger partial charge in [-0.25, -0.2) is 0 Å². The van der Waals surface area contributed by atoms with Crippen LogP contribution in [0.1, 0.15) is 46.5 Å². The Hall–Kier alpha value is -0.520. The van der Waals surface area contributed by atoms with Crippen LogP contribution in [0.5, 0.6) is 0 Å². The summed E-state index contributed by atoms with van der Waals surface area (Å²) in [5.74, 6) is 0. The van der Waals surface area contributed by atoms with Gasteiger partial charge in [-0.05, 0) is 30.9 Å². The predicted molar refractivity (Wildman–Crippen MR) is 51.4 cm³/mol. The lowest BCUT2D eigenvalue weighted by atomic mass is 10.1. The van der Waals surface area contributed by atoms with Gasteiger partial charge < -0.3 is 0 Å². The molecule has 0 unspecified atom stereocenters. The first-order chi connectivity index (χ1) is 5.35. The van der Waals surface area contributed by atoms with Crippen molar-refractivity contribution >= 4 is 0 Å². The van der Waals surface area contributed by atoms with Gasteiger partial charge in [0.2, 0.25) is 0 Å². The Morgan fingerprint density at radius 3 is 2.45 bits per heavy atom. The highest BCUT2D eigenvalue weighted by atomic mass is 13.9. The highest BCUT2D eigenvalue weighted by molar-refractivity contribution is 5.14. The van der Waals surface area contributed by atoms with E-state index >= 15 is 0 Å². The van der Waals surface area contributed by atoms with Gasteiger partial charge >= 0.3 is 0 Å². The molecule has 0 aliphatic carbocycles. The molecule has 0 N–H and O–H groups in total. The summed E-state index contributed by atoms with van der Waals surface area (Å²) in [6, 6.07) is 0. The van der Waals surface area contributed by atoms with Crippen molar-refractivity contribution in [2.45, 2.75) is 46.5 Å². The van der Waals surface area contributed by atoms with Crippen molar-refractivity contribution in [3.63, 3.8) is 0 Å². The van der Waals surface area contributed by atoms with E-state index in [2.05, 4.69) is 39.0 Å². The van der Waals surface area contributed by atoms with Crippen molar-refractivity contribution in [3.05, 3.63) is 23.8 Å². The molecule has 0 amide bonds. The van der Waals surface area contributed by atoms with Crippen LogP contribution in [0.3, 0.4) is 0 Å². The summed E-state index contributed by atoms with van der Waals surface area (Å²) in [6.45, 7) is 6.50. The third-order valence-corrected chi connectivity index (χ3v) is 1.56. The van der Waals surface area contributed by atoms with Gasteiger partial charge in [0.25, 0.3) is 0 Å². The van der Waals surface area contributed by atoms with Gasteiger partial charge in [0.05, 0.1) is 0 Å². The van der Waals surface area contributed by atoms with Crippen LogP contribution in [0.15, 0.2) is 17.7 Å². The van der Waals surface area contributed by atoms with E-state index in [4.69, 9.17) is 0 Å². The fraction of sp³-hybridized carbons (Fsp3) is 0.636. The molecule has 0 bridgehead atoms. The van der Waals surface area contributed by atoms with E-state index in [-0.39, 0.29) is 0 Å². The molecular weight excluding hydrogens is 132 g/mol. The molecule has 0 aliphatic rings. The molecule has 0 rings (SSSR count). The van der Waals surface area contributed by atoms with Crippen LogP contribution in [-0.4, -0.2) is 0 Å². The number of unbranched alkanes of at least 4 members (excludes halogenated alkanes) is 1. The largest absolute Gasteiger partial charge is 0.0843 e. The first-order valence-electron chi connectivity index (χ1n) is 4.61. The van der Waals surface area contributed by atoms with Crippen molar-refractivity contribution < 1.29 is 0 Å². The first-order valence-corrected chi connectivity index (χ1v) is 4.61. The van der Waals surface area contributed by atoms with Crippen LogP contribution in [-0.2, 0) is 0 Å². The number of hydrogen-bond donors (Lipinski definition) is 0. The van der Waals surface area contributed by atoms with E-state index in [0.717, 1.165) is 12.8 Å². The molecule has 0 fully saturated rings. The minimum absolute atomic E-state index is 1.03. The van der Waals surface area contributed by atoms with Gasteiger partial charge in [-0.15, -0.1) is 0 Å². The molecule has 0 heteroatoms. The molecule has 0 aromatic carbocycles. The molecule has 0 atom stereocenters. The molecule has 0 aliphatic heterocycles. The summed E-state index contributed by atoms with van der Waals surface area (Å²) in [6.07, 6.45) is 12.3. The Morgan fingerprint density at radius 1 is 1.27 bits per heavy atom. The van der Waals surface area contributed by atoms with Crippen molar-refractivity contribution in [1.82, 2.24) is 0 Å². The second-order valence-corrected chi connectivity index (χ2v) is 2.60. The van der Waals surface area contributed by atoms with Gasteiger partial charge in [0.1, 0.15) is 0 Å². The van der Waals surface area contributed by atoms with Crippen LogP contribution >= 0.6 is 0 Å². The standard InChI is InChI=1S/C11H19/c1-4-7-8-10-11(6-3)9-5-2/h8,10H,4-7H2,1-3H3. The summed E-state index contributed by atoms with van der Waals surface area (Å²) >= 11 is 0. The van der Waals surface area contributed by atoms with Gasteiger partial charge in [-0.3, -0.25) is 0 Å². The minimum atomic E-state index is 1.03. The van der Waals surface area contributed by atoms with Gasteiger partial charge in [-0.1, -0.05) is 39.3 Å². The van der Waals surface area contributed by atoms with Gasteiger partial charge in [0, 0.05) is 0 Å². The predicted octanol–water partition coefficient (Wildman–Crippen LogP) is 3.89. The number of rotatable bonds is 5. The smallest absolute Gasteiger partial charge is 0.0302 e. The fourth-order valence-corrected chi connectivity index (χ4v) is 0.921. The third kappa shape index (κ3) is 5.90. The summed E-state index contributed by atoms with van der Waals surface area (Å²) < 4.78 is 0. The quantitative estimate of drug-likeness (QED) is 0.523. The van der Waals surface area contributed by atoms with Crippen LogP contribution in [0.4, 0.5) is 0 Å². The molecule has 0 saturated heterocycles. The first kappa shape index (κ1) is 10.5. The second kappa shape index (κ2) is 7.59. The van der Waals surface area contributed by atoms with E-state index in [1.54, 1.807) is 0 Å². The topological polar surface area (TPSA) is 0 Å². The monoisotopic (exact) mass is 151 g/mol.